The Labute approximate surface area is 161 Å². The standard InChI is InChI=1S/C18H16Cl2N4O2/c1-25-12-4-6-16(26-2)15(10-12)23-17-7-8-21-18(24-17)22-11-3-5-13(19)14(20)9-11/h3-10H,1-2H3,(H2,21,22,23,24). The molecule has 134 valence electrons. The molecule has 3 aromatic rings. The summed E-state index contributed by atoms with van der Waals surface area (Å²) in [6.45, 7) is 0. The van der Waals surface area contributed by atoms with Gasteiger partial charge in [-0.1, -0.05) is 23.2 Å². The second kappa shape index (κ2) is 8.12. The van der Waals surface area contributed by atoms with E-state index in [4.69, 9.17) is 32.7 Å². The number of methoxy groups -OCH3 is 2. The van der Waals surface area contributed by atoms with Crippen LogP contribution in [0.2, 0.25) is 10.0 Å². The molecule has 0 aliphatic carbocycles. The van der Waals surface area contributed by atoms with Crippen LogP contribution in [0.1, 0.15) is 0 Å². The van der Waals surface area contributed by atoms with Gasteiger partial charge in [0, 0.05) is 18.0 Å². The summed E-state index contributed by atoms with van der Waals surface area (Å²) in [6, 6.07) is 12.4. The molecule has 6 nitrogen and oxygen atoms in total. The molecule has 0 amide bonds. The minimum atomic E-state index is 0.412. The molecule has 0 saturated heterocycles. The van der Waals surface area contributed by atoms with E-state index in [1.807, 2.05) is 18.2 Å². The zero-order chi connectivity index (χ0) is 18.5. The highest BCUT2D eigenvalue weighted by Gasteiger charge is 2.08. The minimum Gasteiger partial charge on any atom is -0.497 e. The van der Waals surface area contributed by atoms with Gasteiger partial charge in [0.25, 0.3) is 0 Å². The fourth-order valence-corrected chi connectivity index (χ4v) is 2.54. The van der Waals surface area contributed by atoms with Gasteiger partial charge >= 0.3 is 0 Å². The number of halogens is 2. The summed E-state index contributed by atoms with van der Waals surface area (Å²) in [5.41, 5.74) is 1.46. The summed E-state index contributed by atoms with van der Waals surface area (Å²) < 4.78 is 10.6. The summed E-state index contributed by atoms with van der Waals surface area (Å²) in [4.78, 5) is 8.65. The average molecular weight is 391 g/mol. The van der Waals surface area contributed by atoms with Crippen LogP contribution in [0, 0.1) is 0 Å². The molecule has 0 aliphatic rings. The van der Waals surface area contributed by atoms with Crippen molar-refractivity contribution in [3.63, 3.8) is 0 Å². The summed E-state index contributed by atoms with van der Waals surface area (Å²) in [6.07, 6.45) is 1.64. The maximum atomic E-state index is 6.03. The molecule has 8 heteroatoms. The van der Waals surface area contributed by atoms with Crippen LogP contribution in [0.5, 0.6) is 11.5 Å². The van der Waals surface area contributed by atoms with Crippen molar-refractivity contribution >= 4 is 46.3 Å². The topological polar surface area (TPSA) is 68.3 Å². The molecule has 0 fully saturated rings. The van der Waals surface area contributed by atoms with Crippen molar-refractivity contribution in [2.45, 2.75) is 0 Å². The molecular weight excluding hydrogens is 375 g/mol. The zero-order valence-electron chi connectivity index (χ0n) is 14.1. The first-order chi connectivity index (χ1) is 12.6. The van der Waals surface area contributed by atoms with Crippen LogP contribution < -0.4 is 20.1 Å². The summed E-state index contributed by atoms with van der Waals surface area (Å²) in [5, 5.41) is 7.23. The molecule has 0 radical (unpaired) electrons. The van der Waals surface area contributed by atoms with Gasteiger partial charge in [0.1, 0.15) is 17.3 Å². The maximum absolute atomic E-state index is 6.03. The van der Waals surface area contributed by atoms with E-state index in [2.05, 4.69) is 20.6 Å². The minimum absolute atomic E-state index is 0.412. The van der Waals surface area contributed by atoms with Crippen LogP contribution in [-0.4, -0.2) is 24.2 Å². The Morgan fingerprint density at radius 1 is 0.885 bits per heavy atom. The van der Waals surface area contributed by atoms with E-state index in [9.17, 15) is 0 Å². The number of nitrogens with zero attached hydrogens (tertiary/aromatic N) is 2. The summed E-state index contributed by atoms with van der Waals surface area (Å²) in [5.74, 6) is 2.38. The molecule has 0 saturated carbocycles. The Balaban J connectivity index is 1.82. The van der Waals surface area contributed by atoms with Crippen LogP contribution in [0.15, 0.2) is 48.7 Å². The van der Waals surface area contributed by atoms with E-state index in [1.54, 1.807) is 44.7 Å². The zero-order valence-corrected chi connectivity index (χ0v) is 15.6. The molecule has 0 bridgehead atoms. The SMILES string of the molecule is COc1ccc(OC)c(Nc2ccnc(Nc3ccc(Cl)c(Cl)c3)n2)c1. The molecule has 0 unspecified atom stereocenters. The highest BCUT2D eigenvalue weighted by Crippen LogP contribution is 2.31. The molecule has 0 atom stereocenters. The third-order valence-electron chi connectivity index (χ3n) is 3.50. The molecule has 3 rings (SSSR count). The largest absolute Gasteiger partial charge is 0.497 e. The van der Waals surface area contributed by atoms with Crippen LogP contribution in [0.3, 0.4) is 0 Å². The van der Waals surface area contributed by atoms with Crippen molar-refractivity contribution in [3.8, 4) is 11.5 Å². The predicted molar refractivity (Wildman–Crippen MR) is 105 cm³/mol. The fourth-order valence-electron chi connectivity index (χ4n) is 2.24. The van der Waals surface area contributed by atoms with Crippen molar-refractivity contribution in [2.75, 3.05) is 24.9 Å². The lowest BCUT2D eigenvalue weighted by molar-refractivity contribution is 0.405. The van der Waals surface area contributed by atoms with E-state index in [-0.39, 0.29) is 0 Å². The van der Waals surface area contributed by atoms with Gasteiger partial charge in [-0.15, -0.1) is 0 Å². The first-order valence-corrected chi connectivity index (χ1v) is 8.39. The number of hydrogen-bond donors (Lipinski definition) is 2. The van der Waals surface area contributed by atoms with E-state index in [0.717, 1.165) is 11.4 Å². The Morgan fingerprint density at radius 3 is 2.46 bits per heavy atom. The van der Waals surface area contributed by atoms with Crippen molar-refractivity contribution in [1.29, 1.82) is 0 Å². The Morgan fingerprint density at radius 2 is 1.73 bits per heavy atom. The van der Waals surface area contributed by atoms with Crippen LogP contribution in [-0.2, 0) is 0 Å². The monoisotopic (exact) mass is 390 g/mol. The normalized spacial score (nSPS) is 10.3. The lowest BCUT2D eigenvalue weighted by Gasteiger charge is -2.13. The van der Waals surface area contributed by atoms with Crippen LogP contribution in [0.25, 0.3) is 0 Å². The molecule has 0 spiro atoms. The fraction of sp³-hybridized carbons (Fsp3) is 0.111. The van der Waals surface area contributed by atoms with Gasteiger partial charge in [-0.25, -0.2) is 4.98 Å². The molecule has 26 heavy (non-hydrogen) atoms. The second-order valence-corrected chi connectivity index (χ2v) is 6.02. The second-order valence-electron chi connectivity index (χ2n) is 5.21. The van der Waals surface area contributed by atoms with Gasteiger partial charge in [0.2, 0.25) is 5.95 Å². The number of benzene rings is 2. The number of ether oxygens (including phenoxy) is 2. The van der Waals surface area contributed by atoms with Crippen molar-refractivity contribution in [1.82, 2.24) is 9.97 Å². The van der Waals surface area contributed by atoms with Crippen molar-refractivity contribution < 1.29 is 9.47 Å². The van der Waals surface area contributed by atoms with Gasteiger partial charge in [0.15, 0.2) is 0 Å². The molecular formula is C18H16Cl2N4O2. The molecule has 2 N–H and O–H groups in total. The lowest BCUT2D eigenvalue weighted by atomic mass is 10.2. The summed E-state index contributed by atoms with van der Waals surface area (Å²) in [7, 11) is 3.21. The predicted octanol–water partition coefficient (Wildman–Crippen LogP) is 5.29. The Kier molecular flexibility index (Phi) is 5.65. The number of anilines is 4. The van der Waals surface area contributed by atoms with Crippen molar-refractivity contribution in [2.24, 2.45) is 0 Å². The van der Waals surface area contributed by atoms with Gasteiger partial charge in [-0.3, -0.25) is 0 Å². The first kappa shape index (κ1) is 18.1. The highest BCUT2D eigenvalue weighted by molar-refractivity contribution is 6.42. The van der Waals surface area contributed by atoms with Gasteiger partial charge in [-0.05, 0) is 36.4 Å². The van der Waals surface area contributed by atoms with Gasteiger partial charge in [-0.2, -0.15) is 4.98 Å². The van der Waals surface area contributed by atoms with Crippen LogP contribution in [0.4, 0.5) is 23.1 Å². The molecule has 0 aliphatic heterocycles. The molecule has 2 aromatic carbocycles. The number of aromatic nitrogens is 2. The number of rotatable bonds is 6. The van der Waals surface area contributed by atoms with E-state index < -0.39 is 0 Å². The molecule has 1 aromatic heterocycles. The average Bonchev–Trinajstić information content (AvgIpc) is 2.65. The number of hydrogen-bond acceptors (Lipinski definition) is 6. The third kappa shape index (κ3) is 4.28. The van der Waals surface area contributed by atoms with E-state index >= 15 is 0 Å². The highest BCUT2D eigenvalue weighted by atomic mass is 35.5. The lowest BCUT2D eigenvalue weighted by Crippen LogP contribution is -2.01. The maximum Gasteiger partial charge on any atom is 0.229 e. The van der Waals surface area contributed by atoms with Gasteiger partial charge < -0.3 is 20.1 Å². The quantitative estimate of drug-likeness (QED) is 0.595. The van der Waals surface area contributed by atoms with E-state index in [0.29, 0.717) is 33.3 Å². The molecule has 1 heterocycles. The van der Waals surface area contributed by atoms with Crippen LogP contribution >= 0.6 is 23.2 Å². The van der Waals surface area contributed by atoms with Crippen molar-refractivity contribution in [3.05, 3.63) is 58.7 Å². The third-order valence-corrected chi connectivity index (χ3v) is 4.24. The first-order valence-electron chi connectivity index (χ1n) is 7.63. The Hall–Kier alpha value is -2.70. The van der Waals surface area contributed by atoms with E-state index in [1.165, 1.54) is 0 Å². The summed E-state index contributed by atoms with van der Waals surface area (Å²) >= 11 is 12.0. The number of nitrogens with one attached hydrogen (secondary N) is 2. The Bertz CT molecular complexity index is 921. The van der Waals surface area contributed by atoms with Gasteiger partial charge in [0.05, 0.1) is 30.0 Å². The smallest absolute Gasteiger partial charge is 0.229 e.